The molecule has 6 heteroatoms. The number of carbonyl (C=O) groups is 1. The molecule has 98 valence electrons. The summed E-state index contributed by atoms with van der Waals surface area (Å²) in [6.45, 7) is 5.49. The summed E-state index contributed by atoms with van der Waals surface area (Å²) in [6, 6.07) is 0. The molecule has 2 unspecified atom stereocenters. The van der Waals surface area contributed by atoms with Crippen LogP contribution in [0.1, 0.15) is 20.3 Å². The zero-order valence-corrected chi connectivity index (χ0v) is 11.1. The standard InChI is InChI=1S/C11H20N2O3S/c1-8(9-5-12-6-9)10(14)13-11(2)3-4-17(15,16)7-11/h8-9,12H,3-7H2,1-2H3,(H,13,14). The van der Waals surface area contributed by atoms with E-state index in [4.69, 9.17) is 0 Å². The van der Waals surface area contributed by atoms with Gasteiger partial charge in [-0.15, -0.1) is 0 Å². The van der Waals surface area contributed by atoms with Gasteiger partial charge in [-0.1, -0.05) is 6.92 Å². The zero-order chi connectivity index (χ0) is 12.7. The van der Waals surface area contributed by atoms with Crippen LogP contribution < -0.4 is 10.6 Å². The van der Waals surface area contributed by atoms with E-state index >= 15 is 0 Å². The van der Waals surface area contributed by atoms with Crippen LogP contribution in [0.4, 0.5) is 0 Å². The van der Waals surface area contributed by atoms with E-state index in [-0.39, 0.29) is 23.3 Å². The minimum atomic E-state index is -2.96. The smallest absolute Gasteiger partial charge is 0.223 e. The van der Waals surface area contributed by atoms with Crippen LogP contribution in [0.15, 0.2) is 0 Å². The Hall–Kier alpha value is -0.620. The van der Waals surface area contributed by atoms with Gasteiger partial charge in [0.15, 0.2) is 9.84 Å². The molecule has 2 N–H and O–H groups in total. The van der Waals surface area contributed by atoms with E-state index in [1.54, 1.807) is 0 Å². The molecule has 0 aromatic carbocycles. The van der Waals surface area contributed by atoms with Crippen molar-refractivity contribution in [2.45, 2.75) is 25.8 Å². The number of amides is 1. The van der Waals surface area contributed by atoms with Crippen LogP contribution >= 0.6 is 0 Å². The molecule has 0 radical (unpaired) electrons. The first-order valence-corrected chi connectivity index (χ1v) is 7.87. The van der Waals surface area contributed by atoms with E-state index in [0.29, 0.717) is 12.3 Å². The molecular formula is C11H20N2O3S. The van der Waals surface area contributed by atoms with Crippen LogP contribution in [0.25, 0.3) is 0 Å². The Kier molecular flexibility index (Phi) is 3.20. The Bertz CT molecular complexity index is 416. The molecular weight excluding hydrogens is 240 g/mol. The highest BCUT2D eigenvalue weighted by Gasteiger charge is 2.41. The molecule has 0 aromatic heterocycles. The first-order chi connectivity index (χ1) is 7.81. The number of carbonyl (C=O) groups excluding carboxylic acids is 1. The number of sulfone groups is 1. The predicted molar refractivity (Wildman–Crippen MR) is 65.3 cm³/mol. The molecule has 0 aliphatic carbocycles. The molecule has 0 bridgehead atoms. The Labute approximate surface area is 102 Å². The van der Waals surface area contributed by atoms with Crippen molar-refractivity contribution < 1.29 is 13.2 Å². The van der Waals surface area contributed by atoms with Crippen molar-refractivity contribution in [3.05, 3.63) is 0 Å². The van der Waals surface area contributed by atoms with Gasteiger partial charge < -0.3 is 10.6 Å². The fraction of sp³-hybridized carbons (Fsp3) is 0.909. The van der Waals surface area contributed by atoms with E-state index in [1.165, 1.54) is 0 Å². The molecule has 17 heavy (non-hydrogen) atoms. The fourth-order valence-electron chi connectivity index (χ4n) is 2.40. The van der Waals surface area contributed by atoms with Gasteiger partial charge in [-0.05, 0) is 32.4 Å². The Morgan fingerprint density at radius 1 is 1.47 bits per heavy atom. The van der Waals surface area contributed by atoms with Crippen LogP contribution in [0.2, 0.25) is 0 Å². The largest absolute Gasteiger partial charge is 0.350 e. The highest BCUT2D eigenvalue weighted by atomic mass is 32.2. The lowest BCUT2D eigenvalue weighted by atomic mass is 9.87. The molecule has 2 fully saturated rings. The second-order valence-corrected chi connectivity index (χ2v) is 7.78. The first kappa shape index (κ1) is 12.8. The predicted octanol–water partition coefficient (Wildman–Crippen LogP) is -0.465. The van der Waals surface area contributed by atoms with Crippen LogP contribution in [-0.4, -0.2) is 44.5 Å². The maximum absolute atomic E-state index is 12.0. The van der Waals surface area contributed by atoms with Gasteiger partial charge in [0.05, 0.1) is 17.0 Å². The third-order valence-corrected chi connectivity index (χ3v) is 5.77. The third kappa shape index (κ3) is 2.80. The van der Waals surface area contributed by atoms with Crippen molar-refractivity contribution >= 4 is 15.7 Å². The fourth-order valence-corrected chi connectivity index (χ4v) is 4.49. The Balaban J connectivity index is 1.94. The van der Waals surface area contributed by atoms with Crippen LogP contribution in [0, 0.1) is 11.8 Å². The number of rotatable bonds is 3. The summed E-state index contributed by atoms with van der Waals surface area (Å²) in [7, 11) is -2.96. The van der Waals surface area contributed by atoms with Gasteiger partial charge in [-0.3, -0.25) is 4.79 Å². The van der Waals surface area contributed by atoms with Crippen molar-refractivity contribution in [3.63, 3.8) is 0 Å². The molecule has 2 atom stereocenters. The normalized spacial score (nSPS) is 34.0. The van der Waals surface area contributed by atoms with Gasteiger partial charge in [0.25, 0.3) is 0 Å². The Morgan fingerprint density at radius 3 is 2.53 bits per heavy atom. The molecule has 0 saturated carbocycles. The summed E-state index contributed by atoms with van der Waals surface area (Å²) in [5.41, 5.74) is -0.568. The van der Waals surface area contributed by atoms with Crippen molar-refractivity contribution in [1.82, 2.24) is 10.6 Å². The molecule has 2 aliphatic rings. The van der Waals surface area contributed by atoms with Gasteiger partial charge in [0.1, 0.15) is 0 Å². The molecule has 2 rings (SSSR count). The van der Waals surface area contributed by atoms with Gasteiger partial charge in [0, 0.05) is 5.92 Å². The quantitative estimate of drug-likeness (QED) is 0.720. The molecule has 0 spiro atoms. The minimum Gasteiger partial charge on any atom is -0.350 e. The first-order valence-electron chi connectivity index (χ1n) is 6.04. The van der Waals surface area contributed by atoms with Crippen molar-refractivity contribution in [2.24, 2.45) is 11.8 Å². The Morgan fingerprint density at radius 2 is 2.12 bits per heavy atom. The lowest BCUT2D eigenvalue weighted by Crippen LogP contribution is -2.54. The topological polar surface area (TPSA) is 75.3 Å². The van der Waals surface area contributed by atoms with Crippen LogP contribution in [0.5, 0.6) is 0 Å². The van der Waals surface area contributed by atoms with Gasteiger partial charge in [-0.25, -0.2) is 8.42 Å². The third-order valence-electron chi connectivity index (χ3n) is 3.86. The zero-order valence-electron chi connectivity index (χ0n) is 10.3. The lowest BCUT2D eigenvalue weighted by Gasteiger charge is -2.34. The van der Waals surface area contributed by atoms with Gasteiger partial charge >= 0.3 is 0 Å². The summed E-state index contributed by atoms with van der Waals surface area (Å²) < 4.78 is 22.9. The number of hydrogen-bond donors (Lipinski definition) is 2. The molecule has 5 nitrogen and oxygen atoms in total. The van der Waals surface area contributed by atoms with E-state index in [1.807, 2.05) is 13.8 Å². The highest BCUT2D eigenvalue weighted by molar-refractivity contribution is 7.91. The minimum absolute atomic E-state index is 0.0175. The summed E-state index contributed by atoms with van der Waals surface area (Å²) in [5, 5.41) is 6.05. The van der Waals surface area contributed by atoms with Crippen molar-refractivity contribution in [1.29, 1.82) is 0 Å². The van der Waals surface area contributed by atoms with Gasteiger partial charge in [0.2, 0.25) is 5.91 Å². The lowest BCUT2D eigenvalue weighted by molar-refractivity contribution is -0.128. The van der Waals surface area contributed by atoms with Crippen LogP contribution in [-0.2, 0) is 14.6 Å². The average Bonchev–Trinajstić information content (AvgIpc) is 2.37. The molecule has 2 saturated heterocycles. The summed E-state index contributed by atoms with van der Waals surface area (Å²) in [6.07, 6.45) is 0.525. The highest BCUT2D eigenvalue weighted by Crippen LogP contribution is 2.24. The number of nitrogens with one attached hydrogen (secondary N) is 2. The van der Waals surface area contributed by atoms with Crippen molar-refractivity contribution in [2.75, 3.05) is 24.6 Å². The maximum Gasteiger partial charge on any atom is 0.223 e. The summed E-state index contributed by atoms with van der Waals surface area (Å²) >= 11 is 0. The van der Waals surface area contributed by atoms with Crippen molar-refractivity contribution in [3.8, 4) is 0 Å². The monoisotopic (exact) mass is 260 g/mol. The molecule has 1 amide bonds. The van der Waals surface area contributed by atoms with E-state index in [2.05, 4.69) is 10.6 Å². The van der Waals surface area contributed by atoms with E-state index in [9.17, 15) is 13.2 Å². The van der Waals surface area contributed by atoms with Gasteiger partial charge in [-0.2, -0.15) is 0 Å². The molecule has 2 aliphatic heterocycles. The van der Waals surface area contributed by atoms with E-state index < -0.39 is 15.4 Å². The van der Waals surface area contributed by atoms with Crippen LogP contribution in [0.3, 0.4) is 0 Å². The summed E-state index contributed by atoms with van der Waals surface area (Å²) in [5.74, 6) is 0.578. The van der Waals surface area contributed by atoms with E-state index in [0.717, 1.165) is 13.1 Å². The second kappa shape index (κ2) is 4.24. The molecule has 0 aromatic rings. The maximum atomic E-state index is 12.0. The summed E-state index contributed by atoms with van der Waals surface area (Å²) in [4.78, 5) is 12.0. The average molecular weight is 260 g/mol. The molecule has 2 heterocycles. The second-order valence-electron chi connectivity index (χ2n) is 5.60. The SMILES string of the molecule is CC(C(=O)NC1(C)CCS(=O)(=O)C1)C1CNC1. The number of hydrogen-bond acceptors (Lipinski definition) is 4.